The summed E-state index contributed by atoms with van der Waals surface area (Å²) >= 11 is 0. The minimum Gasteiger partial charge on any atom is -0.375 e. The molecule has 2 unspecified atom stereocenters. The van der Waals surface area contributed by atoms with E-state index < -0.39 is 0 Å². The fourth-order valence-electron chi connectivity index (χ4n) is 2.38. The topological polar surface area (TPSA) is 55.6 Å². The van der Waals surface area contributed by atoms with Crippen LogP contribution in [0.4, 0.5) is 0 Å². The van der Waals surface area contributed by atoms with Crippen LogP contribution in [-0.2, 0) is 11.3 Å². The molecule has 4 nitrogen and oxygen atoms in total. The van der Waals surface area contributed by atoms with Crippen LogP contribution in [0.5, 0.6) is 0 Å². The van der Waals surface area contributed by atoms with E-state index in [2.05, 4.69) is 6.92 Å². The molecule has 112 valence electrons. The molecular formula is C15H23ClN2O2. The van der Waals surface area contributed by atoms with Gasteiger partial charge < -0.3 is 15.4 Å². The van der Waals surface area contributed by atoms with Crippen LogP contribution >= 0.6 is 12.4 Å². The lowest BCUT2D eigenvalue weighted by Gasteiger charge is -2.38. The average Bonchev–Trinajstić information content (AvgIpc) is 2.46. The molecule has 2 rings (SSSR count). The van der Waals surface area contributed by atoms with Gasteiger partial charge in [0, 0.05) is 18.7 Å². The third kappa shape index (κ3) is 3.72. The molecule has 5 heteroatoms. The molecule has 0 radical (unpaired) electrons. The lowest BCUT2D eigenvalue weighted by molar-refractivity contribution is -0.0444. The quantitative estimate of drug-likeness (QED) is 0.931. The zero-order valence-electron chi connectivity index (χ0n) is 12.0. The summed E-state index contributed by atoms with van der Waals surface area (Å²) in [6.07, 6.45) is 1.02. The molecule has 0 bridgehead atoms. The van der Waals surface area contributed by atoms with Crippen LogP contribution in [0, 0.1) is 0 Å². The number of nitrogens with zero attached hydrogens (tertiary/aromatic N) is 1. The Morgan fingerprint density at radius 3 is 2.60 bits per heavy atom. The molecule has 1 aromatic carbocycles. The van der Waals surface area contributed by atoms with Gasteiger partial charge in [0.1, 0.15) is 0 Å². The van der Waals surface area contributed by atoms with Crippen molar-refractivity contribution in [2.75, 3.05) is 13.2 Å². The van der Waals surface area contributed by atoms with Gasteiger partial charge in [0.15, 0.2) is 0 Å². The normalized spacial score (nSPS) is 22.2. The fraction of sp³-hybridized carbons (Fsp3) is 0.533. The lowest BCUT2D eigenvalue weighted by atomic mass is 10.1. The van der Waals surface area contributed by atoms with Gasteiger partial charge in [-0.05, 0) is 31.0 Å². The summed E-state index contributed by atoms with van der Waals surface area (Å²) in [4.78, 5) is 14.5. The Morgan fingerprint density at radius 2 is 2.05 bits per heavy atom. The number of nitrogens with two attached hydrogens (primary N) is 1. The summed E-state index contributed by atoms with van der Waals surface area (Å²) < 4.78 is 5.62. The van der Waals surface area contributed by atoms with Gasteiger partial charge in [-0.1, -0.05) is 19.1 Å². The van der Waals surface area contributed by atoms with Crippen LogP contribution < -0.4 is 5.73 Å². The summed E-state index contributed by atoms with van der Waals surface area (Å²) in [6, 6.07) is 7.73. The molecule has 1 amide bonds. The molecule has 1 saturated heterocycles. The van der Waals surface area contributed by atoms with Gasteiger partial charge in [-0.15, -0.1) is 12.4 Å². The molecule has 0 aromatic heterocycles. The SMILES string of the molecule is CCC1COC(C)CN1C(=O)c1ccc(CN)cc1.Cl. The van der Waals surface area contributed by atoms with E-state index in [0.29, 0.717) is 19.7 Å². The van der Waals surface area contributed by atoms with Gasteiger partial charge >= 0.3 is 0 Å². The number of halogens is 1. The van der Waals surface area contributed by atoms with Crippen LogP contribution in [-0.4, -0.2) is 36.1 Å². The molecule has 0 aliphatic carbocycles. The van der Waals surface area contributed by atoms with Crippen LogP contribution in [0.2, 0.25) is 0 Å². The molecule has 0 saturated carbocycles. The van der Waals surface area contributed by atoms with Crippen molar-refractivity contribution in [1.82, 2.24) is 4.90 Å². The van der Waals surface area contributed by atoms with Crippen molar-refractivity contribution in [3.05, 3.63) is 35.4 Å². The maximum atomic E-state index is 12.6. The average molecular weight is 299 g/mol. The first-order valence-corrected chi connectivity index (χ1v) is 6.87. The van der Waals surface area contributed by atoms with Crippen molar-refractivity contribution in [3.8, 4) is 0 Å². The summed E-state index contributed by atoms with van der Waals surface area (Å²) in [5, 5.41) is 0. The first-order valence-electron chi connectivity index (χ1n) is 6.87. The third-order valence-corrected chi connectivity index (χ3v) is 3.64. The Kier molecular flexibility index (Phi) is 6.46. The van der Waals surface area contributed by atoms with Gasteiger partial charge in [0.2, 0.25) is 0 Å². The highest BCUT2D eigenvalue weighted by Gasteiger charge is 2.29. The van der Waals surface area contributed by atoms with E-state index in [1.54, 1.807) is 0 Å². The second kappa shape index (κ2) is 7.62. The summed E-state index contributed by atoms with van der Waals surface area (Å²) in [5.41, 5.74) is 7.34. The minimum absolute atomic E-state index is 0. The molecule has 1 fully saturated rings. The zero-order chi connectivity index (χ0) is 13.8. The lowest BCUT2D eigenvalue weighted by Crippen LogP contribution is -2.51. The number of morpholine rings is 1. The maximum absolute atomic E-state index is 12.6. The molecular weight excluding hydrogens is 276 g/mol. The number of benzene rings is 1. The largest absolute Gasteiger partial charge is 0.375 e. The molecule has 1 aliphatic heterocycles. The maximum Gasteiger partial charge on any atom is 0.254 e. The molecule has 1 aliphatic rings. The van der Waals surface area contributed by atoms with Gasteiger partial charge in [0.25, 0.3) is 5.91 Å². The number of amides is 1. The van der Waals surface area contributed by atoms with Gasteiger partial charge in [-0.2, -0.15) is 0 Å². The van der Waals surface area contributed by atoms with Crippen molar-refractivity contribution in [2.45, 2.75) is 39.0 Å². The van der Waals surface area contributed by atoms with E-state index in [-0.39, 0.29) is 30.5 Å². The van der Waals surface area contributed by atoms with E-state index in [0.717, 1.165) is 17.5 Å². The van der Waals surface area contributed by atoms with Crippen LogP contribution in [0.15, 0.2) is 24.3 Å². The van der Waals surface area contributed by atoms with E-state index in [1.165, 1.54) is 0 Å². The second-order valence-corrected chi connectivity index (χ2v) is 5.06. The number of hydrogen-bond donors (Lipinski definition) is 1. The first-order chi connectivity index (χ1) is 9.15. The van der Waals surface area contributed by atoms with Crippen LogP contribution in [0.3, 0.4) is 0 Å². The van der Waals surface area contributed by atoms with Gasteiger partial charge in [-0.25, -0.2) is 0 Å². The highest BCUT2D eigenvalue weighted by Crippen LogP contribution is 2.18. The predicted molar refractivity (Wildman–Crippen MR) is 82.1 cm³/mol. The molecule has 20 heavy (non-hydrogen) atoms. The Hall–Kier alpha value is -1.10. The highest BCUT2D eigenvalue weighted by atomic mass is 35.5. The molecule has 1 aromatic rings. The van der Waals surface area contributed by atoms with Crippen molar-refractivity contribution >= 4 is 18.3 Å². The smallest absolute Gasteiger partial charge is 0.254 e. The number of carbonyl (C=O) groups is 1. The monoisotopic (exact) mass is 298 g/mol. The number of carbonyl (C=O) groups excluding carboxylic acids is 1. The van der Waals surface area contributed by atoms with Gasteiger partial charge in [-0.3, -0.25) is 4.79 Å². The van der Waals surface area contributed by atoms with E-state index in [1.807, 2.05) is 36.1 Å². The Labute approximate surface area is 126 Å². The van der Waals surface area contributed by atoms with Crippen molar-refractivity contribution < 1.29 is 9.53 Å². The Morgan fingerprint density at radius 1 is 1.40 bits per heavy atom. The van der Waals surface area contributed by atoms with Gasteiger partial charge in [0.05, 0.1) is 18.8 Å². The first kappa shape index (κ1) is 17.0. The summed E-state index contributed by atoms with van der Waals surface area (Å²) in [7, 11) is 0. The minimum atomic E-state index is 0. The van der Waals surface area contributed by atoms with E-state index >= 15 is 0 Å². The Balaban J connectivity index is 0.00000200. The standard InChI is InChI=1S/C15H22N2O2.ClH/c1-3-14-10-19-11(2)9-17(14)15(18)13-6-4-12(8-16)5-7-13;/h4-7,11,14H,3,8-10,16H2,1-2H3;1H. The number of rotatable bonds is 3. The fourth-order valence-corrected chi connectivity index (χ4v) is 2.38. The molecule has 2 N–H and O–H groups in total. The van der Waals surface area contributed by atoms with E-state index in [9.17, 15) is 4.79 Å². The third-order valence-electron chi connectivity index (χ3n) is 3.64. The highest BCUT2D eigenvalue weighted by molar-refractivity contribution is 5.94. The van der Waals surface area contributed by atoms with Crippen LogP contribution in [0.25, 0.3) is 0 Å². The number of hydrogen-bond acceptors (Lipinski definition) is 3. The van der Waals surface area contributed by atoms with Crippen LogP contribution in [0.1, 0.15) is 36.2 Å². The van der Waals surface area contributed by atoms with Crippen molar-refractivity contribution in [1.29, 1.82) is 0 Å². The van der Waals surface area contributed by atoms with Crippen molar-refractivity contribution in [2.24, 2.45) is 5.73 Å². The molecule has 2 atom stereocenters. The summed E-state index contributed by atoms with van der Waals surface area (Å²) in [5.74, 6) is 0.0885. The molecule has 0 spiro atoms. The Bertz CT molecular complexity index is 436. The zero-order valence-corrected chi connectivity index (χ0v) is 12.9. The molecule has 1 heterocycles. The van der Waals surface area contributed by atoms with Crippen molar-refractivity contribution in [3.63, 3.8) is 0 Å². The summed E-state index contributed by atoms with van der Waals surface area (Å²) in [6.45, 7) is 5.88. The van der Waals surface area contributed by atoms with E-state index in [4.69, 9.17) is 10.5 Å². The second-order valence-electron chi connectivity index (χ2n) is 5.06. The number of ether oxygens (including phenoxy) is 1. The predicted octanol–water partition coefficient (Wildman–Crippen LogP) is 2.21.